The van der Waals surface area contributed by atoms with E-state index >= 15 is 0 Å². The van der Waals surface area contributed by atoms with Crippen molar-refractivity contribution in [2.75, 3.05) is 18.5 Å². The van der Waals surface area contributed by atoms with E-state index in [2.05, 4.69) is 27.9 Å². The lowest BCUT2D eigenvalue weighted by atomic mass is 9.98. The fourth-order valence-corrected chi connectivity index (χ4v) is 4.58. The fraction of sp³-hybridized carbons (Fsp3) is 0.280. The van der Waals surface area contributed by atoms with Gasteiger partial charge in [0.25, 0.3) is 5.91 Å². The topological polar surface area (TPSA) is 123 Å². The number of benzene rings is 2. The standard InChI is InChI=1S/C25H24N4O5/c1-29-22(20(12-27-29)23(30)26-11-14-10-19(14)24(31)32)28-25(33)34-13-21-17-8-4-2-6-15(17)16-7-3-5-9-18(16)21/h2-9,12,14,19,21H,10-11,13H2,1H3,(H,26,30)(H,28,33)(H,31,32)/t14-,19-/m0/s1. The SMILES string of the molecule is Cn1ncc(C(=O)NC[C@@H]2C[C@@H]2C(=O)O)c1NC(=O)OCC1c2ccccc2-c2ccccc21. The van der Waals surface area contributed by atoms with Crippen molar-refractivity contribution in [1.82, 2.24) is 15.1 Å². The molecule has 1 fully saturated rings. The number of rotatable bonds is 7. The van der Waals surface area contributed by atoms with Gasteiger partial charge in [0.15, 0.2) is 0 Å². The van der Waals surface area contributed by atoms with E-state index in [1.807, 2.05) is 36.4 Å². The van der Waals surface area contributed by atoms with Crippen molar-refractivity contribution in [2.45, 2.75) is 12.3 Å². The summed E-state index contributed by atoms with van der Waals surface area (Å²) in [4.78, 5) is 36.2. The van der Waals surface area contributed by atoms with Crippen LogP contribution in [0, 0.1) is 11.8 Å². The van der Waals surface area contributed by atoms with Gasteiger partial charge in [-0.25, -0.2) is 4.79 Å². The first-order valence-electron chi connectivity index (χ1n) is 11.1. The summed E-state index contributed by atoms with van der Waals surface area (Å²) in [7, 11) is 1.61. The molecule has 0 bridgehead atoms. The normalized spacial score (nSPS) is 18.0. The largest absolute Gasteiger partial charge is 0.481 e. The number of carbonyl (C=O) groups excluding carboxylic acids is 2. The Hall–Kier alpha value is -4.14. The van der Waals surface area contributed by atoms with Gasteiger partial charge in [0, 0.05) is 19.5 Å². The number of nitrogens with zero attached hydrogens (tertiary/aromatic N) is 2. The number of aromatic nitrogens is 2. The summed E-state index contributed by atoms with van der Waals surface area (Å²) in [5, 5.41) is 18.4. The first-order chi connectivity index (χ1) is 16.4. The highest BCUT2D eigenvalue weighted by Crippen LogP contribution is 2.44. The minimum Gasteiger partial charge on any atom is -0.481 e. The molecule has 5 rings (SSSR count). The minimum atomic E-state index is -0.849. The average Bonchev–Trinajstić information content (AvgIpc) is 3.45. The molecule has 9 heteroatoms. The van der Waals surface area contributed by atoms with Crippen molar-refractivity contribution in [3.8, 4) is 11.1 Å². The van der Waals surface area contributed by atoms with Crippen LogP contribution < -0.4 is 10.6 Å². The van der Waals surface area contributed by atoms with Crippen LogP contribution in [-0.4, -0.2) is 46.0 Å². The molecule has 2 aromatic carbocycles. The van der Waals surface area contributed by atoms with E-state index in [0.717, 1.165) is 22.3 Å². The molecule has 34 heavy (non-hydrogen) atoms. The van der Waals surface area contributed by atoms with Crippen LogP contribution in [0.15, 0.2) is 54.7 Å². The number of carboxylic acid groups (broad SMARTS) is 1. The number of carboxylic acids is 1. The Balaban J connectivity index is 1.23. The molecule has 0 saturated heterocycles. The number of carbonyl (C=O) groups is 3. The molecule has 2 aliphatic carbocycles. The second-order valence-electron chi connectivity index (χ2n) is 8.63. The predicted molar refractivity (Wildman–Crippen MR) is 123 cm³/mol. The molecule has 1 aromatic heterocycles. The number of ether oxygens (including phenoxy) is 1. The Kier molecular flexibility index (Phi) is 5.53. The number of anilines is 1. The van der Waals surface area contributed by atoms with Crippen molar-refractivity contribution in [3.63, 3.8) is 0 Å². The first-order valence-corrected chi connectivity index (χ1v) is 11.1. The van der Waals surface area contributed by atoms with Gasteiger partial charge in [-0.15, -0.1) is 0 Å². The maximum Gasteiger partial charge on any atom is 0.412 e. The average molecular weight is 460 g/mol. The van der Waals surface area contributed by atoms with Gasteiger partial charge in [0.2, 0.25) is 0 Å². The monoisotopic (exact) mass is 460 g/mol. The fourth-order valence-electron chi connectivity index (χ4n) is 4.58. The molecule has 9 nitrogen and oxygen atoms in total. The van der Waals surface area contributed by atoms with Crippen LogP contribution in [0.5, 0.6) is 0 Å². The lowest BCUT2D eigenvalue weighted by molar-refractivity contribution is -0.138. The van der Waals surface area contributed by atoms with Gasteiger partial charge in [-0.1, -0.05) is 48.5 Å². The molecule has 2 amide bonds. The van der Waals surface area contributed by atoms with E-state index < -0.39 is 23.9 Å². The Morgan fingerprint density at radius 2 is 1.74 bits per heavy atom. The summed E-state index contributed by atoms with van der Waals surface area (Å²) in [6.45, 7) is 0.409. The molecule has 1 heterocycles. The van der Waals surface area contributed by atoms with Gasteiger partial charge >= 0.3 is 12.1 Å². The first kappa shape index (κ1) is 21.7. The van der Waals surface area contributed by atoms with Gasteiger partial charge in [0.05, 0.1) is 12.1 Å². The third kappa shape index (κ3) is 4.00. The van der Waals surface area contributed by atoms with Gasteiger partial charge < -0.3 is 15.2 Å². The number of aryl methyl sites for hydroxylation is 1. The third-order valence-corrected chi connectivity index (χ3v) is 6.51. The predicted octanol–water partition coefficient (Wildman–Crippen LogP) is 3.23. The molecule has 2 atom stereocenters. The Bertz CT molecular complexity index is 1240. The molecule has 1 saturated carbocycles. The zero-order valence-corrected chi connectivity index (χ0v) is 18.5. The molecule has 2 aliphatic rings. The highest BCUT2D eigenvalue weighted by atomic mass is 16.5. The maximum absolute atomic E-state index is 12.6. The van der Waals surface area contributed by atoms with Crippen molar-refractivity contribution < 1.29 is 24.2 Å². The number of aliphatic carboxylic acids is 1. The highest BCUT2D eigenvalue weighted by molar-refractivity contribution is 6.01. The van der Waals surface area contributed by atoms with E-state index in [-0.39, 0.29) is 36.4 Å². The van der Waals surface area contributed by atoms with Crippen LogP contribution in [0.3, 0.4) is 0 Å². The van der Waals surface area contributed by atoms with Crippen LogP contribution in [0.25, 0.3) is 11.1 Å². The van der Waals surface area contributed by atoms with E-state index in [1.165, 1.54) is 10.9 Å². The van der Waals surface area contributed by atoms with Gasteiger partial charge in [-0.3, -0.25) is 19.6 Å². The Morgan fingerprint density at radius 1 is 1.09 bits per heavy atom. The summed E-state index contributed by atoms with van der Waals surface area (Å²) in [5.74, 6) is -1.63. The molecule has 0 radical (unpaired) electrons. The van der Waals surface area contributed by atoms with E-state index in [4.69, 9.17) is 9.84 Å². The summed E-state index contributed by atoms with van der Waals surface area (Å²) >= 11 is 0. The number of nitrogens with one attached hydrogen (secondary N) is 2. The summed E-state index contributed by atoms with van der Waals surface area (Å²) < 4.78 is 6.95. The van der Waals surface area contributed by atoms with Crippen LogP contribution in [0.4, 0.5) is 10.6 Å². The highest BCUT2D eigenvalue weighted by Gasteiger charge is 2.43. The van der Waals surface area contributed by atoms with Gasteiger partial charge in [0.1, 0.15) is 18.0 Å². The second kappa shape index (κ2) is 8.66. The zero-order chi connectivity index (χ0) is 23.8. The lowest BCUT2D eigenvalue weighted by Gasteiger charge is -2.15. The van der Waals surface area contributed by atoms with Gasteiger partial charge in [-0.2, -0.15) is 5.10 Å². The van der Waals surface area contributed by atoms with E-state index in [1.54, 1.807) is 7.05 Å². The molecule has 0 unspecified atom stereocenters. The lowest BCUT2D eigenvalue weighted by Crippen LogP contribution is -2.28. The van der Waals surface area contributed by atoms with Crippen LogP contribution in [0.1, 0.15) is 33.8 Å². The smallest absolute Gasteiger partial charge is 0.412 e. The van der Waals surface area contributed by atoms with Crippen LogP contribution in [0.2, 0.25) is 0 Å². The molecular weight excluding hydrogens is 436 g/mol. The molecule has 3 aromatic rings. The summed E-state index contributed by atoms with van der Waals surface area (Å²) in [5.41, 5.74) is 4.68. The maximum atomic E-state index is 12.6. The molecular formula is C25H24N4O5. The third-order valence-electron chi connectivity index (χ3n) is 6.51. The van der Waals surface area contributed by atoms with E-state index in [9.17, 15) is 14.4 Å². The van der Waals surface area contributed by atoms with Crippen LogP contribution in [-0.2, 0) is 16.6 Å². The van der Waals surface area contributed by atoms with Crippen molar-refractivity contribution in [1.29, 1.82) is 0 Å². The molecule has 0 aliphatic heterocycles. The molecule has 0 spiro atoms. The number of hydrogen-bond acceptors (Lipinski definition) is 5. The number of hydrogen-bond donors (Lipinski definition) is 3. The van der Waals surface area contributed by atoms with Gasteiger partial charge in [-0.05, 0) is 34.6 Å². The van der Waals surface area contributed by atoms with Crippen molar-refractivity contribution in [2.24, 2.45) is 18.9 Å². The minimum absolute atomic E-state index is 0.0725. The number of fused-ring (bicyclic) bond motifs is 3. The van der Waals surface area contributed by atoms with Crippen molar-refractivity contribution >= 4 is 23.8 Å². The quantitative estimate of drug-likeness (QED) is 0.498. The summed E-state index contributed by atoms with van der Waals surface area (Å²) in [6, 6.07) is 16.1. The number of amides is 2. The van der Waals surface area contributed by atoms with E-state index in [0.29, 0.717) is 6.42 Å². The Morgan fingerprint density at radius 3 is 2.35 bits per heavy atom. The zero-order valence-electron chi connectivity index (χ0n) is 18.5. The molecule has 3 N–H and O–H groups in total. The van der Waals surface area contributed by atoms with Crippen LogP contribution >= 0.6 is 0 Å². The Labute approximate surface area is 195 Å². The van der Waals surface area contributed by atoms with Crippen molar-refractivity contribution in [3.05, 3.63) is 71.4 Å². The summed E-state index contributed by atoms with van der Waals surface area (Å²) in [6.07, 6.45) is 1.22. The second-order valence-corrected chi connectivity index (χ2v) is 8.63. The molecule has 174 valence electrons.